The van der Waals surface area contributed by atoms with Crippen LogP contribution in [0, 0.1) is 0 Å². The molecule has 4 rings (SSSR count). The monoisotopic (exact) mass is 578 g/mol. The normalized spacial score (nSPS) is 13.6. The Hall–Kier alpha value is -3.22. The molecular formula is C26H30ClF3N6O2Si. The van der Waals surface area contributed by atoms with Crippen molar-refractivity contribution in [3.8, 4) is 17.1 Å². The van der Waals surface area contributed by atoms with Crippen molar-refractivity contribution in [1.82, 2.24) is 29.1 Å². The van der Waals surface area contributed by atoms with E-state index in [0.29, 0.717) is 10.6 Å². The SMILES string of the molecule is CC(C)(C)[Si](C)(C)OC(Cn1c(-c2ccc(Cl)cc2)nn(Cc2ncn(-c3ccccc3)n2)c1=O)C(F)(F)F. The largest absolute Gasteiger partial charge is 0.415 e. The molecule has 0 spiro atoms. The lowest BCUT2D eigenvalue weighted by Gasteiger charge is -2.39. The summed E-state index contributed by atoms with van der Waals surface area (Å²) in [4.78, 5) is 17.8. The lowest BCUT2D eigenvalue weighted by Crippen LogP contribution is -2.50. The smallest absolute Gasteiger partial charge is 0.404 e. The molecule has 4 aromatic rings. The molecule has 0 amide bonds. The van der Waals surface area contributed by atoms with Crippen LogP contribution in [0.4, 0.5) is 13.2 Å². The number of rotatable bonds is 8. The van der Waals surface area contributed by atoms with Crippen molar-refractivity contribution in [2.45, 2.75) is 64.3 Å². The van der Waals surface area contributed by atoms with Crippen molar-refractivity contribution in [2.24, 2.45) is 0 Å². The summed E-state index contributed by atoms with van der Waals surface area (Å²) < 4.78 is 52.2. The second-order valence-electron chi connectivity index (χ2n) is 10.7. The first-order valence-corrected chi connectivity index (χ1v) is 15.6. The third kappa shape index (κ3) is 6.51. The number of nitrogens with zero attached hydrogens (tertiary/aromatic N) is 6. The quantitative estimate of drug-likeness (QED) is 0.242. The van der Waals surface area contributed by atoms with Crippen LogP contribution in [0.15, 0.2) is 65.7 Å². The molecule has 2 heterocycles. The summed E-state index contributed by atoms with van der Waals surface area (Å²) in [5, 5.41) is 8.76. The van der Waals surface area contributed by atoms with E-state index in [1.165, 1.54) is 6.33 Å². The van der Waals surface area contributed by atoms with Crippen LogP contribution < -0.4 is 5.69 Å². The van der Waals surface area contributed by atoms with E-state index in [1.54, 1.807) is 42.0 Å². The summed E-state index contributed by atoms with van der Waals surface area (Å²) in [6, 6.07) is 15.6. The summed E-state index contributed by atoms with van der Waals surface area (Å²) in [5.74, 6) is 0.338. The molecular weight excluding hydrogens is 549 g/mol. The zero-order valence-corrected chi connectivity index (χ0v) is 24.0. The number of aromatic nitrogens is 6. The standard InChI is InChI=1S/C26H30ClF3N6O2Si/c1-25(2,3)39(4,5)38-21(26(28,29)30)15-34-23(18-11-13-19(27)14-12-18)33-35(24(34)37)16-22-31-17-36(32-22)20-9-7-6-8-10-20/h6-14,17,21H,15-16H2,1-5H3. The Labute approximate surface area is 230 Å². The number of hydrogen-bond donors (Lipinski definition) is 0. The van der Waals surface area contributed by atoms with Crippen LogP contribution in [-0.2, 0) is 17.5 Å². The van der Waals surface area contributed by atoms with Crippen molar-refractivity contribution in [2.75, 3.05) is 0 Å². The Morgan fingerprint density at radius 2 is 1.64 bits per heavy atom. The van der Waals surface area contributed by atoms with Gasteiger partial charge in [-0.25, -0.2) is 19.1 Å². The molecule has 208 valence electrons. The van der Waals surface area contributed by atoms with Gasteiger partial charge in [0.2, 0.25) is 0 Å². The molecule has 0 aliphatic rings. The number of alkyl halides is 3. The van der Waals surface area contributed by atoms with Crippen molar-refractivity contribution in [3.63, 3.8) is 0 Å². The molecule has 0 bridgehead atoms. The minimum atomic E-state index is -4.70. The van der Waals surface area contributed by atoms with Gasteiger partial charge in [-0.05, 0) is 54.5 Å². The average molecular weight is 579 g/mol. The molecule has 2 aromatic heterocycles. The van der Waals surface area contributed by atoms with E-state index in [0.717, 1.165) is 14.9 Å². The summed E-state index contributed by atoms with van der Waals surface area (Å²) in [5.41, 5.74) is 0.474. The van der Waals surface area contributed by atoms with Crippen LogP contribution in [0.3, 0.4) is 0 Å². The van der Waals surface area contributed by atoms with E-state index in [-0.39, 0.29) is 18.2 Å². The van der Waals surface area contributed by atoms with E-state index in [4.69, 9.17) is 16.0 Å². The third-order valence-corrected chi connectivity index (χ3v) is 11.6. The number of para-hydroxylation sites is 1. The maximum Gasteiger partial charge on any atom is 0.415 e. The van der Waals surface area contributed by atoms with Crippen LogP contribution in [-0.4, -0.2) is 49.7 Å². The lowest BCUT2D eigenvalue weighted by molar-refractivity contribution is -0.202. The fourth-order valence-corrected chi connectivity index (χ4v) is 5.03. The Kier molecular flexibility index (Phi) is 7.93. The highest BCUT2D eigenvalue weighted by atomic mass is 35.5. The molecule has 0 radical (unpaired) electrons. The van der Waals surface area contributed by atoms with Gasteiger partial charge < -0.3 is 4.43 Å². The fourth-order valence-electron chi connectivity index (χ4n) is 3.64. The molecule has 0 aliphatic heterocycles. The molecule has 8 nitrogen and oxygen atoms in total. The van der Waals surface area contributed by atoms with Crippen LogP contribution in [0.2, 0.25) is 23.2 Å². The van der Waals surface area contributed by atoms with E-state index in [9.17, 15) is 18.0 Å². The highest BCUT2D eigenvalue weighted by Crippen LogP contribution is 2.40. The second kappa shape index (κ2) is 10.7. The van der Waals surface area contributed by atoms with Gasteiger partial charge in [-0.2, -0.15) is 13.2 Å². The highest BCUT2D eigenvalue weighted by molar-refractivity contribution is 6.74. The van der Waals surface area contributed by atoms with E-state index in [1.807, 2.05) is 51.1 Å². The number of hydrogen-bond acceptors (Lipinski definition) is 5. The third-order valence-electron chi connectivity index (χ3n) is 6.83. The molecule has 0 saturated carbocycles. The number of benzene rings is 2. The van der Waals surface area contributed by atoms with Gasteiger partial charge in [-0.15, -0.1) is 10.2 Å². The first-order chi connectivity index (χ1) is 18.2. The van der Waals surface area contributed by atoms with Gasteiger partial charge in [0.15, 0.2) is 26.1 Å². The zero-order valence-electron chi connectivity index (χ0n) is 22.3. The van der Waals surface area contributed by atoms with Gasteiger partial charge in [-0.3, -0.25) is 4.57 Å². The summed E-state index contributed by atoms with van der Waals surface area (Å²) in [6.07, 6.45) is -5.40. The fraction of sp³-hybridized carbons (Fsp3) is 0.385. The Balaban J connectivity index is 1.73. The minimum Gasteiger partial charge on any atom is -0.404 e. The van der Waals surface area contributed by atoms with E-state index in [2.05, 4.69) is 15.2 Å². The Bertz CT molecular complexity index is 1470. The molecule has 13 heteroatoms. The van der Waals surface area contributed by atoms with E-state index < -0.39 is 37.9 Å². The molecule has 1 unspecified atom stereocenters. The lowest BCUT2D eigenvalue weighted by atomic mass is 10.2. The van der Waals surface area contributed by atoms with Gasteiger partial charge in [0.05, 0.1) is 12.2 Å². The minimum absolute atomic E-state index is 0.0623. The molecule has 2 aromatic carbocycles. The van der Waals surface area contributed by atoms with E-state index >= 15 is 0 Å². The van der Waals surface area contributed by atoms with Gasteiger partial charge in [0, 0.05) is 10.6 Å². The molecule has 0 saturated heterocycles. The Morgan fingerprint density at radius 1 is 1.00 bits per heavy atom. The molecule has 0 fully saturated rings. The maximum absolute atomic E-state index is 14.3. The van der Waals surface area contributed by atoms with Crippen LogP contribution >= 0.6 is 11.6 Å². The maximum atomic E-state index is 14.3. The van der Waals surface area contributed by atoms with Gasteiger partial charge in [-0.1, -0.05) is 50.6 Å². The average Bonchev–Trinajstić information content (AvgIpc) is 3.44. The number of halogens is 4. The summed E-state index contributed by atoms with van der Waals surface area (Å²) in [7, 11) is -2.84. The van der Waals surface area contributed by atoms with Crippen molar-refractivity contribution < 1.29 is 17.6 Å². The molecule has 0 aliphatic carbocycles. The first kappa shape index (κ1) is 28.8. The summed E-state index contributed by atoms with van der Waals surface area (Å²) >= 11 is 6.02. The van der Waals surface area contributed by atoms with Crippen LogP contribution in [0.1, 0.15) is 26.6 Å². The van der Waals surface area contributed by atoms with Crippen LogP contribution in [0.5, 0.6) is 0 Å². The zero-order chi connectivity index (χ0) is 28.6. The molecule has 39 heavy (non-hydrogen) atoms. The molecule has 0 N–H and O–H groups in total. The topological polar surface area (TPSA) is 79.8 Å². The summed E-state index contributed by atoms with van der Waals surface area (Å²) in [6.45, 7) is 8.18. The highest BCUT2D eigenvalue weighted by Gasteiger charge is 2.48. The van der Waals surface area contributed by atoms with Crippen molar-refractivity contribution >= 4 is 19.9 Å². The second-order valence-corrected chi connectivity index (χ2v) is 15.9. The van der Waals surface area contributed by atoms with Gasteiger partial charge in [0.1, 0.15) is 12.9 Å². The first-order valence-electron chi connectivity index (χ1n) is 12.3. The van der Waals surface area contributed by atoms with Crippen molar-refractivity contribution in [3.05, 3.63) is 82.3 Å². The predicted molar refractivity (Wildman–Crippen MR) is 146 cm³/mol. The van der Waals surface area contributed by atoms with Crippen molar-refractivity contribution in [1.29, 1.82) is 0 Å². The van der Waals surface area contributed by atoms with Gasteiger partial charge >= 0.3 is 11.9 Å². The molecule has 1 atom stereocenters. The Morgan fingerprint density at radius 3 is 2.23 bits per heavy atom. The van der Waals surface area contributed by atoms with Gasteiger partial charge in [0.25, 0.3) is 0 Å². The van der Waals surface area contributed by atoms with Crippen LogP contribution in [0.25, 0.3) is 17.1 Å². The predicted octanol–water partition coefficient (Wildman–Crippen LogP) is 5.95.